The fourth-order valence-electron chi connectivity index (χ4n) is 2.44. The van der Waals surface area contributed by atoms with E-state index in [4.69, 9.17) is 0 Å². The quantitative estimate of drug-likeness (QED) is 0.882. The van der Waals surface area contributed by atoms with Crippen molar-refractivity contribution in [2.24, 2.45) is 0 Å². The summed E-state index contributed by atoms with van der Waals surface area (Å²) in [5.41, 5.74) is 3.66. The summed E-state index contributed by atoms with van der Waals surface area (Å²) in [5.74, 6) is -0.0488. The molecule has 0 unspecified atom stereocenters. The van der Waals surface area contributed by atoms with E-state index in [1.807, 2.05) is 43.3 Å². The summed E-state index contributed by atoms with van der Waals surface area (Å²) in [7, 11) is 3.99. The summed E-state index contributed by atoms with van der Waals surface area (Å²) < 4.78 is 1.78. The molecule has 0 fully saturated rings. The van der Waals surface area contributed by atoms with Crippen LogP contribution in [0.15, 0.2) is 30.5 Å². The lowest BCUT2D eigenvalue weighted by molar-refractivity contribution is 0.0925. The monoisotopic (exact) mass is 256 g/mol. The van der Waals surface area contributed by atoms with Gasteiger partial charge in [0.25, 0.3) is 5.91 Å². The van der Waals surface area contributed by atoms with Crippen LogP contribution >= 0.6 is 0 Å². The van der Waals surface area contributed by atoms with Crippen LogP contribution in [0, 0.1) is 0 Å². The van der Waals surface area contributed by atoms with Gasteiger partial charge in [0.05, 0.1) is 12.7 Å². The molecule has 1 amide bonds. The number of nitrogens with zero attached hydrogens (tertiary/aromatic N) is 3. The lowest BCUT2D eigenvalue weighted by Crippen LogP contribution is -2.35. The van der Waals surface area contributed by atoms with E-state index in [0.717, 1.165) is 23.4 Å². The Morgan fingerprint density at radius 2 is 2.05 bits per heavy atom. The molecule has 19 heavy (non-hydrogen) atoms. The molecule has 2 heterocycles. The number of aromatic nitrogens is 2. The number of rotatable bonds is 2. The first-order valence-electron chi connectivity index (χ1n) is 6.29. The van der Waals surface area contributed by atoms with Crippen LogP contribution in [-0.4, -0.2) is 36.3 Å². The second-order valence-corrected chi connectivity index (χ2v) is 4.80. The van der Waals surface area contributed by atoms with Crippen molar-refractivity contribution in [1.29, 1.82) is 0 Å². The lowest BCUT2D eigenvalue weighted by atomic mass is 10.0. The molecular formula is C14H16N4O. The Morgan fingerprint density at radius 1 is 1.26 bits per heavy atom. The van der Waals surface area contributed by atoms with Gasteiger partial charge in [0, 0.05) is 37.5 Å². The molecule has 0 bridgehead atoms. The maximum atomic E-state index is 12.0. The highest BCUT2D eigenvalue weighted by atomic mass is 16.2. The van der Waals surface area contributed by atoms with Gasteiger partial charge >= 0.3 is 0 Å². The van der Waals surface area contributed by atoms with E-state index in [0.29, 0.717) is 12.2 Å². The zero-order valence-corrected chi connectivity index (χ0v) is 11.1. The van der Waals surface area contributed by atoms with Crippen molar-refractivity contribution in [2.75, 3.05) is 25.5 Å². The molecule has 0 atom stereocenters. The van der Waals surface area contributed by atoms with Crippen LogP contribution in [0.2, 0.25) is 0 Å². The number of carbonyl (C=O) groups excluding carboxylic acids is 1. The number of nitrogens with one attached hydrogen (secondary N) is 1. The second-order valence-electron chi connectivity index (χ2n) is 4.80. The maximum Gasteiger partial charge on any atom is 0.270 e. The van der Waals surface area contributed by atoms with Gasteiger partial charge in [-0.05, 0) is 6.07 Å². The predicted octanol–water partition coefficient (Wildman–Crippen LogP) is 1.36. The first kappa shape index (κ1) is 11.8. The number of anilines is 1. The van der Waals surface area contributed by atoms with E-state index in [2.05, 4.69) is 10.4 Å². The van der Waals surface area contributed by atoms with Crippen molar-refractivity contribution >= 4 is 11.6 Å². The minimum Gasteiger partial charge on any atom is -0.377 e. The van der Waals surface area contributed by atoms with Crippen LogP contribution in [0.1, 0.15) is 10.5 Å². The van der Waals surface area contributed by atoms with E-state index in [1.54, 1.807) is 10.9 Å². The smallest absolute Gasteiger partial charge is 0.270 e. The van der Waals surface area contributed by atoms with E-state index in [1.165, 1.54) is 0 Å². The average Bonchev–Trinajstić information content (AvgIpc) is 2.84. The molecule has 98 valence electrons. The molecule has 5 nitrogen and oxygen atoms in total. The van der Waals surface area contributed by atoms with Crippen molar-refractivity contribution in [3.8, 4) is 11.1 Å². The molecule has 3 rings (SSSR count). The number of fused-ring (bicyclic) bond motifs is 1. The van der Waals surface area contributed by atoms with Gasteiger partial charge in [-0.25, -0.2) is 0 Å². The van der Waals surface area contributed by atoms with Gasteiger partial charge < -0.3 is 10.2 Å². The van der Waals surface area contributed by atoms with Crippen LogP contribution in [0.25, 0.3) is 11.1 Å². The molecule has 0 saturated heterocycles. The Labute approximate surface area is 111 Å². The number of amides is 1. The Hall–Kier alpha value is -2.30. The number of hydrogen-bond acceptors (Lipinski definition) is 3. The zero-order valence-electron chi connectivity index (χ0n) is 11.1. The van der Waals surface area contributed by atoms with Crippen LogP contribution in [0.5, 0.6) is 0 Å². The van der Waals surface area contributed by atoms with Crippen molar-refractivity contribution in [1.82, 2.24) is 15.1 Å². The number of benzene rings is 1. The third-order valence-electron chi connectivity index (χ3n) is 3.34. The Balaban J connectivity index is 2.19. The number of carbonyl (C=O) groups is 1. The van der Waals surface area contributed by atoms with E-state index in [9.17, 15) is 4.79 Å². The minimum atomic E-state index is -0.0488. The van der Waals surface area contributed by atoms with Crippen molar-refractivity contribution in [2.45, 2.75) is 6.54 Å². The normalized spacial score (nSPS) is 13.9. The molecular weight excluding hydrogens is 240 g/mol. The molecule has 1 aromatic heterocycles. The van der Waals surface area contributed by atoms with Crippen LogP contribution < -0.4 is 10.2 Å². The second kappa shape index (κ2) is 4.42. The fourth-order valence-corrected chi connectivity index (χ4v) is 2.44. The molecule has 0 radical (unpaired) electrons. The molecule has 0 spiro atoms. The summed E-state index contributed by atoms with van der Waals surface area (Å²) in [6, 6.07) is 8.04. The van der Waals surface area contributed by atoms with E-state index < -0.39 is 0 Å². The molecule has 0 aliphatic carbocycles. The Morgan fingerprint density at radius 3 is 2.84 bits per heavy atom. The molecule has 1 aromatic carbocycles. The van der Waals surface area contributed by atoms with Gasteiger partial charge in [-0.1, -0.05) is 18.2 Å². The highest BCUT2D eigenvalue weighted by molar-refractivity contribution is 6.01. The average molecular weight is 256 g/mol. The molecule has 1 aliphatic heterocycles. The predicted molar refractivity (Wildman–Crippen MR) is 74.3 cm³/mol. The van der Waals surface area contributed by atoms with Crippen molar-refractivity contribution in [3.05, 3.63) is 36.2 Å². The Bertz CT molecular complexity index is 630. The van der Waals surface area contributed by atoms with Crippen LogP contribution in [0.3, 0.4) is 0 Å². The summed E-state index contributed by atoms with van der Waals surface area (Å²) in [4.78, 5) is 14.1. The first-order valence-corrected chi connectivity index (χ1v) is 6.29. The fraction of sp³-hybridized carbons (Fsp3) is 0.286. The number of para-hydroxylation sites is 1. The minimum absolute atomic E-state index is 0.0488. The van der Waals surface area contributed by atoms with Crippen LogP contribution in [-0.2, 0) is 6.54 Å². The van der Waals surface area contributed by atoms with Crippen molar-refractivity contribution in [3.63, 3.8) is 0 Å². The number of hydrogen-bond donors (Lipinski definition) is 1. The standard InChI is InChI=1S/C14H16N4O/c1-17(2)12-6-4-3-5-10(12)11-9-16-18-8-7-15-14(19)13(11)18/h3-6,9H,7-8H2,1-2H3,(H,15,19). The zero-order chi connectivity index (χ0) is 13.4. The SMILES string of the molecule is CN(C)c1ccccc1-c1cnn2c1C(=O)NCC2. The van der Waals surface area contributed by atoms with Gasteiger partial charge in [0.15, 0.2) is 0 Å². The Kier molecular flexibility index (Phi) is 2.74. The van der Waals surface area contributed by atoms with Gasteiger partial charge in [0.1, 0.15) is 5.69 Å². The molecule has 2 aromatic rings. The molecule has 0 saturated carbocycles. The van der Waals surface area contributed by atoms with E-state index >= 15 is 0 Å². The summed E-state index contributed by atoms with van der Waals surface area (Å²) in [6.45, 7) is 1.37. The van der Waals surface area contributed by atoms with Gasteiger partial charge in [-0.2, -0.15) is 5.10 Å². The first-order chi connectivity index (χ1) is 9.18. The third kappa shape index (κ3) is 1.87. The highest BCUT2D eigenvalue weighted by Crippen LogP contribution is 2.32. The largest absolute Gasteiger partial charge is 0.377 e. The van der Waals surface area contributed by atoms with Gasteiger partial charge in [-0.3, -0.25) is 9.48 Å². The van der Waals surface area contributed by atoms with Crippen LogP contribution in [0.4, 0.5) is 5.69 Å². The molecule has 1 aliphatic rings. The molecule has 5 heteroatoms. The van der Waals surface area contributed by atoms with Gasteiger partial charge in [-0.15, -0.1) is 0 Å². The van der Waals surface area contributed by atoms with Gasteiger partial charge in [0.2, 0.25) is 0 Å². The van der Waals surface area contributed by atoms with E-state index in [-0.39, 0.29) is 5.91 Å². The highest BCUT2D eigenvalue weighted by Gasteiger charge is 2.24. The topological polar surface area (TPSA) is 50.2 Å². The van der Waals surface area contributed by atoms with Crippen molar-refractivity contribution < 1.29 is 4.79 Å². The summed E-state index contributed by atoms with van der Waals surface area (Å²) in [5, 5.41) is 7.19. The third-order valence-corrected chi connectivity index (χ3v) is 3.34. The lowest BCUT2D eigenvalue weighted by Gasteiger charge is -2.19. The summed E-state index contributed by atoms with van der Waals surface area (Å²) in [6.07, 6.45) is 1.78. The summed E-state index contributed by atoms with van der Waals surface area (Å²) >= 11 is 0. The molecule has 1 N–H and O–H groups in total. The maximum absolute atomic E-state index is 12.0.